The molecule has 0 aromatic heterocycles. The van der Waals surface area contributed by atoms with E-state index in [1.54, 1.807) is 18.2 Å². The average molecular weight is 385 g/mol. The van der Waals surface area contributed by atoms with Crippen LogP contribution >= 0.6 is 0 Å². The van der Waals surface area contributed by atoms with Crippen molar-refractivity contribution in [3.05, 3.63) is 59.2 Å². The lowest BCUT2D eigenvalue weighted by Gasteiger charge is -2.18. The van der Waals surface area contributed by atoms with Crippen molar-refractivity contribution in [1.82, 2.24) is 4.72 Å². The zero-order chi connectivity index (χ0) is 19.2. The number of amides is 1. The maximum absolute atomic E-state index is 12.8. The fourth-order valence-electron chi connectivity index (χ4n) is 3.55. The fraction of sp³-hybridized carbons (Fsp3) is 0.381. The van der Waals surface area contributed by atoms with Gasteiger partial charge in [-0.15, -0.1) is 0 Å². The molecule has 142 valence electrons. The van der Waals surface area contributed by atoms with Crippen molar-refractivity contribution in [3.63, 3.8) is 0 Å². The number of hydrogen-bond donors (Lipinski definition) is 1. The molecule has 0 unspecified atom stereocenters. The number of hydrogen-bond acceptors (Lipinski definition) is 3. The van der Waals surface area contributed by atoms with E-state index in [1.165, 1.54) is 0 Å². The molecule has 1 N–H and O–H groups in total. The Morgan fingerprint density at radius 2 is 1.85 bits per heavy atom. The molecule has 2 aromatic carbocycles. The lowest BCUT2D eigenvalue weighted by molar-refractivity contribution is -0.119. The standard InChI is InChI=1S/C21H24N2O3S/c1-14-3-5-16(6-4-14)15(2)22-27(25,26)19-9-10-20-18(13-19)11-12-23(20)21(24)17-7-8-17/h3-6,9-10,13,15,17,22H,7-8,11-12H2,1-2H3/t15-/m1/s1. The molecule has 0 spiro atoms. The van der Waals surface area contributed by atoms with Crippen LogP contribution in [0, 0.1) is 12.8 Å². The summed E-state index contributed by atoms with van der Waals surface area (Å²) in [6, 6.07) is 12.6. The quantitative estimate of drug-likeness (QED) is 0.860. The molecule has 1 amide bonds. The molecule has 1 aliphatic carbocycles. The molecule has 0 radical (unpaired) electrons. The van der Waals surface area contributed by atoms with Gasteiger partial charge in [-0.25, -0.2) is 13.1 Å². The van der Waals surface area contributed by atoms with Gasteiger partial charge in [0.05, 0.1) is 4.90 Å². The minimum absolute atomic E-state index is 0.163. The van der Waals surface area contributed by atoms with Crippen LogP contribution in [0.3, 0.4) is 0 Å². The first kappa shape index (κ1) is 18.2. The number of anilines is 1. The van der Waals surface area contributed by atoms with Crippen LogP contribution in [0.25, 0.3) is 0 Å². The lowest BCUT2D eigenvalue weighted by Crippen LogP contribution is -2.30. The second-order valence-corrected chi connectivity index (χ2v) is 9.27. The summed E-state index contributed by atoms with van der Waals surface area (Å²) >= 11 is 0. The maximum atomic E-state index is 12.8. The van der Waals surface area contributed by atoms with Crippen molar-refractivity contribution >= 4 is 21.6 Å². The molecule has 1 atom stereocenters. The molecule has 0 bridgehead atoms. The normalized spacial score (nSPS) is 17.6. The highest BCUT2D eigenvalue weighted by molar-refractivity contribution is 7.89. The highest BCUT2D eigenvalue weighted by Crippen LogP contribution is 2.37. The van der Waals surface area contributed by atoms with Gasteiger partial charge in [-0.3, -0.25) is 4.79 Å². The Morgan fingerprint density at radius 1 is 1.15 bits per heavy atom. The van der Waals surface area contributed by atoms with Crippen LogP contribution < -0.4 is 9.62 Å². The van der Waals surface area contributed by atoms with Crippen molar-refractivity contribution < 1.29 is 13.2 Å². The van der Waals surface area contributed by atoms with E-state index in [0.29, 0.717) is 13.0 Å². The van der Waals surface area contributed by atoms with Gasteiger partial charge in [-0.1, -0.05) is 29.8 Å². The summed E-state index contributed by atoms with van der Waals surface area (Å²) in [6.45, 7) is 4.48. The van der Waals surface area contributed by atoms with Gasteiger partial charge in [0.15, 0.2) is 0 Å². The summed E-state index contributed by atoms with van der Waals surface area (Å²) in [5.41, 5.74) is 3.84. The summed E-state index contributed by atoms with van der Waals surface area (Å²) in [7, 11) is -3.63. The first-order chi connectivity index (χ1) is 12.8. The third kappa shape index (κ3) is 3.64. The summed E-state index contributed by atoms with van der Waals surface area (Å²) in [5.74, 6) is 0.340. The molecule has 27 heavy (non-hydrogen) atoms. The largest absolute Gasteiger partial charge is 0.312 e. The molecule has 1 aliphatic heterocycles. The lowest BCUT2D eigenvalue weighted by atomic mass is 10.1. The van der Waals surface area contributed by atoms with Crippen LogP contribution in [0.2, 0.25) is 0 Å². The summed E-state index contributed by atoms with van der Waals surface area (Å²) < 4.78 is 28.4. The van der Waals surface area contributed by atoms with Crippen LogP contribution in [0.5, 0.6) is 0 Å². The van der Waals surface area contributed by atoms with Gasteiger partial charge in [0.25, 0.3) is 0 Å². The first-order valence-electron chi connectivity index (χ1n) is 9.38. The summed E-state index contributed by atoms with van der Waals surface area (Å²) in [5, 5.41) is 0. The highest BCUT2D eigenvalue weighted by atomic mass is 32.2. The summed E-state index contributed by atoms with van der Waals surface area (Å²) in [4.78, 5) is 14.4. The van der Waals surface area contributed by atoms with Crippen molar-refractivity contribution in [2.24, 2.45) is 5.92 Å². The van der Waals surface area contributed by atoms with E-state index >= 15 is 0 Å². The Hall–Kier alpha value is -2.18. The molecule has 4 rings (SSSR count). The summed E-state index contributed by atoms with van der Waals surface area (Å²) in [6.07, 6.45) is 2.64. The molecule has 1 saturated carbocycles. The smallest absolute Gasteiger partial charge is 0.241 e. The number of fused-ring (bicyclic) bond motifs is 1. The number of carbonyl (C=O) groups is 1. The number of nitrogens with one attached hydrogen (secondary N) is 1. The topological polar surface area (TPSA) is 66.5 Å². The number of aryl methyl sites for hydroxylation is 1. The van der Waals surface area contributed by atoms with Gasteiger partial charge in [-0.2, -0.15) is 0 Å². The molecule has 1 fully saturated rings. The van der Waals surface area contributed by atoms with E-state index in [2.05, 4.69) is 4.72 Å². The van der Waals surface area contributed by atoms with Crippen LogP contribution in [0.4, 0.5) is 5.69 Å². The van der Waals surface area contributed by atoms with Crippen molar-refractivity contribution in [1.29, 1.82) is 0 Å². The number of rotatable bonds is 5. The minimum atomic E-state index is -3.63. The predicted molar refractivity (Wildman–Crippen MR) is 105 cm³/mol. The number of benzene rings is 2. The van der Waals surface area contributed by atoms with E-state index < -0.39 is 10.0 Å². The van der Waals surface area contributed by atoms with Crippen LogP contribution in [-0.2, 0) is 21.2 Å². The van der Waals surface area contributed by atoms with Gasteiger partial charge in [0.2, 0.25) is 15.9 Å². The second-order valence-electron chi connectivity index (χ2n) is 7.56. The Balaban J connectivity index is 1.54. The van der Waals surface area contributed by atoms with Gasteiger partial charge in [0.1, 0.15) is 0 Å². The van der Waals surface area contributed by atoms with E-state index in [9.17, 15) is 13.2 Å². The molecule has 0 saturated heterocycles. The Bertz CT molecular complexity index is 979. The highest BCUT2D eigenvalue weighted by Gasteiger charge is 2.36. The van der Waals surface area contributed by atoms with Gasteiger partial charge >= 0.3 is 0 Å². The third-order valence-electron chi connectivity index (χ3n) is 5.36. The van der Waals surface area contributed by atoms with Crippen molar-refractivity contribution in [2.45, 2.75) is 44.0 Å². The molecule has 5 nitrogen and oxygen atoms in total. The van der Waals surface area contributed by atoms with E-state index in [-0.39, 0.29) is 22.8 Å². The molecule has 1 heterocycles. The fourth-order valence-corrected chi connectivity index (χ4v) is 4.83. The van der Waals surface area contributed by atoms with Crippen LogP contribution in [-0.4, -0.2) is 20.9 Å². The van der Waals surface area contributed by atoms with E-state index in [1.807, 2.05) is 43.0 Å². The molecule has 6 heteroatoms. The minimum Gasteiger partial charge on any atom is -0.312 e. The van der Waals surface area contributed by atoms with Gasteiger partial charge in [0, 0.05) is 24.2 Å². The van der Waals surface area contributed by atoms with E-state index in [0.717, 1.165) is 35.2 Å². The molecular weight excluding hydrogens is 360 g/mol. The van der Waals surface area contributed by atoms with Gasteiger partial charge < -0.3 is 4.90 Å². The predicted octanol–water partition coefficient (Wildman–Crippen LogP) is 3.33. The van der Waals surface area contributed by atoms with Crippen LogP contribution in [0.15, 0.2) is 47.4 Å². The Kier molecular flexibility index (Phi) is 4.56. The number of sulfonamides is 1. The number of nitrogens with zero attached hydrogens (tertiary/aromatic N) is 1. The zero-order valence-corrected chi connectivity index (χ0v) is 16.4. The maximum Gasteiger partial charge on any atom is 0.241 e. The molecular formula is C21H24N2O3S. The Morgan fingerprint density at radius 3 is 2.52 bits per heavy atom. The average Bonchev–Trinajstić information content (AvgIpc) is 3.40. The van der Waals surface area contributed by atoms with Crippen molar-refractivity contribution in [2.75, 3.05) is 11.4 Å². The van der Waals surface area contributed by atoms with E-state index in [4.69, 9.17) is 0 Å². The Labute approximate surface area is 160 Å². The van der Waals surface area contributed by atoms with Crippen LogP contribution in [0.1, 0.15) is 42.5 Å². The van der Waals surface area contributed by atoms with Crippen molar-refractivity contribution in [3.8, 4) is 0 Å². The monoisotopic (exact) mass is 384 g/mol. The first-order valence-corrected chi connectivity index (χ1v) is 10.9. The number of carbonyl (C=O) groups excluding carboxylic acids is 1. The third-order valence-corrected chi connectivity index (χ3v) is 6.90. The van der Waals surface area contributed by atoms with Gasteiger partial charge in [-0.05, 0) is 62.4 Å². The molecule has 2 aliphatic rings. The second kappa shape index (κ2) is 6.77. The molecule has 2 aromatic rings. The SMILES string of the molecule is Cc1ccc([C@@H](C)NS(=O)(=O)c2ccc3c(c2)CCN3C(=O)C2CC2)cc1. The zero-order valence-electron chi connectivity index (χ0n) is 15.6.